The van der Waals surface area contributed by atoms with Gasteiger partial charge in [0.05, 0.1) is 6.04 Å². The lowest BCUT2D eigenvalue weighted by molar-refractivity contribution is 0.0691. The van der Waals surface area contributed by atoms with Crippen LogP contribution in [0, 0.1) is 5.82 Å². The predicted octanol–water partition coefficient (Wildman–Crippen LogP) is 4.49. The van der Waals surface area contributed by atoms with E-state index in [4.69, 9.17) is 0 Å². The number of hydrogen-bond acceptors (Lipinski definition) is 2. The number of carbonyl (C=O) groups is 1. The van der Waals surface area contributed by atoms with Crippen molar-refractivity contribution in [3.8, 4) is 0 Å². The molecule has 0 fully saturated rings. The molecule has 138 valence electrons. The van der Waals surface area contributed by atoms with Gasteiger partial charge in [-0.2, -0.15) is 0 Å². The summed E-state index contributed by atoms with van der Waals surface area (Å²) in [6.07, 6.45) is 4.26. The average molecular weight is 371 g/mol. The Kier molecular flexibility index (Phi) is 3.93. The van der Waals surface area contributed by atoms with Gasteiger partial charge in [0.2, 0.25) is 0 Å². The molecule has 4 aromatic rings. The first kappa shape index (κ1) is 16.7. The molecule has 5 heteroatoms. The standard InChI is InChI=1S/C23H18FN3O/c24-17-7-3-5-15(13-17)23(28)27-12-10-19-18-8-1-2-9-20(18)26-21(19)22(27)16-6-4-11-25-14-16/h1-9,11,13-14,22,26H,10,12H2/t22-/m0/s1. The largest absolute Gasteiger partial charge is 0.356 e. The van der Waals surface area contributed by atoms with E-state index in [1.165, 1.54) is 23.1 Å². The minimum atomic E-state index is -0.410. The van der Waals surface area contributed by atoms with Crippen LogP contribution in [0.15, 0.2) is 73.1 Å². The molecule has 0 aliphatic carbocycles. The first-order valence-corrected chi connectivity index (χ1v) is 9.28. The SMILES string of the molecule is O=C(c1cccc(F)c1)N1CCc2c([nH]c3ccccc23)[C@@H]1c1cccnc1. The highest BCUT2D eigenvalue weighted by atomic mass is 19.1. The van der Waals surface area contributed by atoms with E-state index in [0.717, 1.165) is 23.2 Å². The Morgan fingerprint density at radius 1 is 1.11 bits per heavy atom. The number of carbonyl (C=O) groups excluding carboxylic acids is 1. The molecule has 1 amide bonds. The van der Waals surface area contributed by atoms with Crippen molar-refractivity contribution in [3.05, 3.63) is 101 Å². The summed E-state index contributed by atoms with van der Waals surface area (Å²) < 4.78 is 13.7. The average Bonchev–Trinajstić information content (AvgIpc) is 3.12. The van der Waals surface area contributed by atoms with Crippen molar-refractivity contribution >= 4 is 16.8 Å². The number of pyridine rings is 1. The van der Waals surface area contributed by atoms with Crippen LogP contribution in [-0.2, 0) is 6.42 Å². The van der Waals surface area contributed by atoms with Gasteiger partial charge < -0.3 is 9.88 Å². The van der Waals surface area contributed by atoms with E-state index in [1.807, 2.05) is 35.2 Å². The summed E-state index contributed by atoms with van der Waals surface area (Å²) in [5.41, 5.74) is 4.58. The van der Waals surface area contributed by atoms with Gasteiger partial charge in [0, 0.05) is 41.1 Å². The van der Waals surface area contributed by atoms with Crippen LogP contribution in [0.4, 0.5) is 4.39 Å². The van der Waals surface area contributed by atoms with Crippen LogP contribution in [0.5, 0.6) is 0 Å². The quantitative estimate of drug-likeness (QED) is 0.564. The number of halogens is 1. The molecule has 5 rings (SSSR count). The van der Waals surface area contributed by atoms with E-state index in [2.05, 4.69) is 16.0 Å². The van der Waals surface area contributed by atoms with Crippen LogP contribution in [0.3, 0.4) is 0 Å². The zero-order valence-electron chi connectivity index (χ0n) is 15.1. The van der Waals surface area contributed by atoms with Crippen LogP contribution >= 0.6 is 0 Å². The normalized spacial score (nSPS) is 16.2. The molecule has 0 saturated heterocycles. The Labute approximate surface area is 161 Å². The molecule has 2 aromatic carbocycles. The van der Waals surface area contributed by atoms with E-state index >= 15 is 0 Å². The summed E-state index contributed by atoms with van der Waals surface area (Å²) in [6, 6.07) is 17.6. The lowest BCUT2D eigenvalue weighted by atomic mass is 9.92. The van der Waals surface area contributed by atoms with Crippen molar-refractivity contribution in [2.45, 2.75) is 12.5 Å². The summed E-state index contributed by atoms with van der Waals surface area (Å²) >= 11 is 0. The van der Waals surface area contributed by atoms with Crippen LogP contribution in [-0.4, -0.2) is 27.3 Å². The first-order chi connectivity index (χ1) is 13.7. The Bertz CT molecular complexity index is 1170. The highest BCUT2D eigenvalue weighted by molar-refractivity contribution is 5.95. The third kappa shape index (κ3) is 2.67. The van der Waals surface area contributed by atoms with Crippen LogP contribution in [0.1, 0.15) is 33.2 Å². The summed E-state index contributed by atoms with van der Waals surface area (Å²) in [6.45, 7) is 0.559. The van der Waals surface area contributed by atoms with Crippen molar-refractivity contribution in [2.24, 2.45) is 0 Å². The summed E-state index contributed by atoms with van der Waals surface area (Å²) in [4.78, 5) is 22.9. The molecule has 2 aromatic heterocycles. The van der Waals surface area contributed by atoms with Crippen molar-refractivity contribution in [1.82, 2.24) is 14.9 Å². The number of nitrogens with zero attached hydrogens (tertiary/aromatic N) is 2. The van der Waals surface area contributed by atoms with Crippen LogP contribution in [0.25, 0.3) is 10.9 Å². The zero-order valence-corrected chi connectivity index (χ0v) is 15.1. The number of hydrogen-bond donors (Lipinski definition) is 1. The Balaban J connectivity index is 1.66. The maximum Gasteiger partial charge on any atom is 0.254 e. The fourth-order valence-electron chi connectivity index (χ4n) is 4.13. The first-order valence-electron chi connectivity index (χ1n) is 9.28. The van der Waals surface area contributed by atoms with E-state index in [9.17, 15) is 9.18 Å². The Morgan fingerprint density at radius 2 is 2.00 bits per heavy atom. The van der Waals surface area contributed by atoms with E-state index in [0.29, 0.717) is 12.1 Å². The highest BCUT2D eigenvalue weighted by Crippen LogP contribution is 2.38. The molecule has 0 saturated carbocycles. The zero-order chi connectivity index (χ0) is 19.1. The smallest absolute Gasteiger partial charge is 0.254 e. The molecule has 0 bridgehead atoms. The van der Waals surface area contributed by atoms with Gasteiger partial charge in [-0.15, -0.1) is 0 Å². The second-order valence-electron chi connectivity index (χ2n) is 7.01. The fourth-order valence-corrected chi connectivity index (χ4v) is 4.13. The topological polar surface area (TPSA) is 49.0 Å². The lowest BCUT2D eigenvalue weighted by Crippen LogP contribution is -2.40. The van der Waals surface area contributed by atoms with Gasteiger partial charge in [0.1, 0.15) is 5.82 Å². The predicted molar refractivity (Wildman–Crippen MR) is 106 cm³/mol. The number of benzene rings is 2. The second-order valence-corrected chi connectivity index (χ2v) is 7.01. The van der Waals surface area contributed by atoms with Gasteiger partial charge in [-0.1, -0.05) is 30.3 Å². The van der Waals surface area contributed by atoms with Crippen LogP contribution in [0.2, 0.25) is 0 Å². The number of rotatable bonds is 2. The molecule has 1 N–H and O–H groups in total. The van der Waals surface area contributed by atoms with Crippen molar-refractivity contribution in [2.75, 3.05) is 6.54 Å². The summed E-state index contributed by atoms with van der Waals surface area (Å²) in [5.74, 6) is -0.593. The third-order valence-corrected chi connectivity index (χ3v) is 5.37. The molecular weight excluding hydrogens is 353 g/mol. The van der Waals surface area contributed by atoms with Gasteiger partial charge in [-0.3, -0.25) is 9.78 Å². The maximum absolute atomic E-state index is 13.7. The molecular formula is C23H18FN3O. The van der Waals surface area contributed by atoms with Crippen LogP contribution < -0.4 is 0 Å². The summed E-state index contributed by atoms with van der Waals surface area (Å²) in [5, 5.41) is 1.18. The molecule has 1 atom stereocenters. The van der Waals surface area contributed by atoms with E-state index in [-0.39, 0.29) is 11.9 Å². The van der Waals surface area contributed by atoms with Crippen molar-refractivity contribution in [1.29, 1.82) is 0 Å². The molecule has 0 spiro atoms. The molecule has 28 heavy (non-hydrogen) atoms. The van der Waals surface area contributed by atoms with Gasteiger partial charge >= 0.3 is 0 Å². The lowest BCUT2D eigenvalue weighted by Gasteiger charge is -2.36. The number of para-hydroxylation sites is 1. The number of nitrogens with one attached hydrogen (secondary N) is 1. The maximum atomic E-state index is 13.7. The fraction of sp³-hybridized carbons (Fsp3) is 0.130. The van der Waals surface area contributed by atoms with Crippen molar-refractivity contribution in [3.63, 3.8) is 0 Å². The molecule has 4 nitrogen and oxygen atoms in total. The molecule has 1 aliphatic rings. The van der Waals surface area contributed by atoms with Gasteiger partial charge in [0.15, 0.2) is 0 Å². The number of H-pyrrole nitrogens is 1. The van der Waals surface area contributed by atoms with E-state index < -0.39 is 5.82 Å². The summed E-state index contributed by atoms with van der Waals surface area (Å²) in [7, 11) is 0. The van der Waals surface area contributed by atoms with Crippen molar-refractivity contribution < 1.29 is 9.18 Å². The number of amides is 1. The Hall–Kier alpha value is -3.47. The number of fused-ring (bicyclic) bond motifs is 3. The molecule has 0 unspecified atom stereocenters. The molecule has 0 radical (unpaired) electrons. The van der Waals surface area contributed by atoms with Gasteiger partial charge in [-0.25, -0.2) is 4.39 Å². The minimum absolute atomic E-state index is 0.183. The Morgan fingerprint density at radius 3 is 2.82 bits per heavy atom. The molecule has 3 heterocycles. The van der Waals surface area contributed by atoms with Gasteiger partial charge in [-0.05, 0) is 47.9 Å². The highest BCUT2D eigenvalue weighted by Gasteiger charge is 2.35. The number of aromatic amines is 1. The molecule has 1 aliphatic heterocycles. The minimum Gasteiger partial charge on any atom is -0.356 e. The second kappa shape index (κ2) is 6.60. The van der Waals surface area contributed by atoms with Gasteiger partial charge in [0.25, 0.3) is 5.91 Å². The monoisotopic (exact) mass is 371 g/mol. The number of aromatic nitrogens is 2. The third-order valence-electron chi connectivity index (χ3n) is 5.37. The van der Waals surface area contributed by atoms with E-state index in [1.54, 1.807) is 24.5 Å².